The van der Waals surface area contributed by atoms with Gasteiger partial charge in [-0.05, 0) is 102 Å². The van der Waals surface area contributed by atoms with Crippen LogP contribution >= 0.6 is 43.5 Å². The number of aryl methyl sites for hydroxylation is 2. The number of piperidine rings is 1. The van der Waals surface area contributed by atoms with Gasteiger partial charge in [-0.2, -0.15) is 0 Å². The Balaban J connectivity index is 1.44. The minimum absolute atomic E-state index is 0.0367. The quantitative estimate of drug-likeness (QED) is 0.304. The average molecular weight is 611 g/mol. The molecule has 0 amide bonds. The van der Waals surface area contributed by atoms with Crippen molar-refractivity contribution in [1.82, 2.24) is 9.88 Å². The standard InChI is InChI=1S/C26H27Br2ClN2O3/c1-26(14-32,34-25(33)16-2-3-16)31-8-6-15(7-9-31)23-22-17(11-20(29)12-21(22)28)4-5-18-10-19(27)13-30-24(18)23/h10-16,23H,2-9H2,1H3/t23-,26?/m1/s1. The number of hydrogen-bond acceptors (Lipinski definition) is 5. The number of aldehydes is 1. The number of benzene rings is 1. The van der Waals surface area contributed by atoms with Crippen LogP contribution in [0.15, 0.2) is 33.3 Å². The van der Waals surface area contributed by atoms with Crippen molar-refractivity contribution < 1.29 is 14.3 Å². The van der Waals surface area contributed by atoms with E-state index in [2.05, 4.69) is 44.0 Å². The number of ether oxygens (including phenoxy) is 1. The van der Waals surface area contributed by atoms with E-state index in [1.54, 1.807) is 6.92 Å². The molecule has 5 rings (SSSR count). The Labute approximate surface area is 221 Å². The highest BCUT2D eigenvalue weighted by Crippen LogP contribution is 2.46. The van der Waals surface area contributed by atoms with Gasteiger partial charge in [-0.3, -0.25) is 19.5 Å². The summed E-state index contributed by atoms with van der Waals surface area (Å²) in [5, 5.41) is 0.735. The Morgan fingerprint density at radius 1 is 1.15 bits per heavy atom. The van der Waals surface area contributed by atoms with Crippen LogP contribution in [0.5, 0.6) is 0 Å². The number of hydrogen-bond donors (Lipinski definition) is 0. The molecule has 1 aliphatic heterocycles. The zero-order valence-corrected chi connectivity index (χ0v) is 23.0. The predicted octanol–water partition coefficient (Wildman–Crippen LogP) is 6.07. The summed E-state index contributed by atoms with van der Waals surface area (Å²) in [4.78, 5) is 31.2. The summed E-state index contributed by atoms with van der Waals surface area (Å²) >= 11 is 13.8. The molecule has 2 heterocycles. The number of fused-ring (bicyclic) bond motifs is 2. The van der Waals surface area contributed by atoms with Crippen molar-refractivity contribution in [2.24, 2.45) is 11.8 Å². The first kappa shape index (κ1) is 24.4. The Kier molecular flexibility index (Phi) is 6.92. The van der Waals surface area contributed by atoms with Crippen molar-refractivity contribution in [2.45, 2.75) is 57.1 Å². The minimum Gasteiger partial charge on any atom is -0.437 e. The van der Waals surface area contributed by atoms with E-state index in [0.717, 1.165) is 64.5 Å². The molecule has 180 valence electrons. The van der Waals surface area contributed by atoms with Gasteiger partial charge in [0.15, 0.2) is 6.29 Å². The highest BCUT2D eigenvalue weighted by Gasteiger charge is 2.43. The van der Waals surface area contributed by atoms with Crippen LogP contribution in [0.25, 0.3) is 0 Å². The van der Waals surface area contributed by atoms with Gasteiger partial charge >= 0.3 is 5.97 Å². The lowest BCUT2D eigenvalue weighted by atomic mass is 9.76. The molecule has 1 saturated carbocycles. The maximum atomic E-state index is 12.3. The first-order valence-corrected chi connectivity index (χ1v) is 13.8. The topological polar surface area (TPSA) is 59.5 Å². The second-order valence-electron chi connectivity index (χ2n) is 9.83. The van der Waals surface area contributed by atoms with Crippen LogP contribution < -0.4 is 0 Å². The van der Waals surface area contributed by atoms with E-state index in [-0.39, 0.29) is 17.8 Å². The second kappa shape index (κ2) is 9.64. The van der Waals surface area contributed by atoms with Gasteiger partial charge in [0.2, 0.25) is 5.72 Å². The third-order valence-corrected chi connectivity index (χ3v) is 8.80. The summed E-state index contributed by atoms with van der Waals surface area (Å²) in [6, 6.07) is 6.26. The highest BCUT2D eigenvalue weighted by atomic mass is 79.9. The van der Waals surface area contributed by atoms with Crippen molar-refractivity contribution in [2.75, 3.05) is 13.1 Å². The van der Waals surface area contributed by atoms with Crippen molar-refractivity contribution >= 4 is 55.7 Å². The highest BCUT2D eigenvalue weighted by molar-refractivity contribution is 9.10. The van der Waals surface area contributed by atoms with Gasteiger partial charge in [0.25, 0.3) is 0 Å². The Morgan fingerprint density at radius 2 is 1.85 bits per heavy atom. The molecule has 34 heavy (non-hydrogen) atoms. The molecular weight excluding hydrogens is 584 g/mol. The summed E-state index contributed by atoms with van der Waals surface area (Å²) in [6.07, 6.45) is 7.96. The first-order chi connectivity index (χ1) is 16.3. The van der Waals surface area contributed by atoms with Crippen LogP contribution in [0.3, 0.4) is 0 Å². The second-order valence-corrected chi connectivity index (χ2v) is 12.0. The van der Waals surface area contributed by atoms with Crippen molar-refractivity contribution in [3.8, 4) is 0 Å². The van der Waals surface area contributed by atoms with Crippen LogP contribution in [0.4, 0.5) is 0 Å². The van der Waals surface area contributed by atoms with Gasteiger partial charge in [-0.15, -0.1) is 0 Å². The fourth-order valence-electron chi connectivity index (χ4n) is 5.48. The van der Waals surface area contributed by atoms with E-state index >= 15 is 0 Å². The maximum absolute atomic E-state index is 12.3. The van der Waals surface area contributed by atoms with Crippen LogP contribution in [0, 0.1) is 11.8 Å². The summed E-state index contributed by atoms with van der Waals surface area (Å²) in [5.41, 5.74) is 3.71. The Hall–Kier alpha value is -1.28. The van der Waals surface area contributed by atoms with E-state index in [9.17, 15) is 9.59 Å². The molecular formula is C26H27Br2ClN2O3. The summed E-state index contributed by atoms with van der Waals surface area (Å²) < 4.78 is 7.70. The molecule has 1 aromatic heterocycles. The molecule has 2 aliphatic carbocycles. The van der Waals surface area contributed by atoms with Crippen LogP contribution in [-0.2, 0) is 27.2 Å². The number of likely N-dealkylation sites (tertiary alicyclic amines) is 1. The van der Waals surface area contributed by atoms with Crippen molar-refractivity contribution in [1.29, 1.82) is 0 Å². The molecule has 1 unspecified atom stereocenters. The number of rotatable bonds is 5. The Morgan fingerprint density at radius 3 is 2.53 bits per heavy atom. The first-order valence-electron chi connectivity index (χ1n) is 11.9. The molecule has 5 nitrogen and oxygen atoms in total. The lowest BCUT2D eigenvalue weighted by molar-refractivity contribution is -0.185. The van der Waals surface area contributed by atoms with Gasteiger partial charge in [0.1, 0.15) is 0 Å². The predicted molar refractivity (Wildman–Crippen MR) is 138 cm³/mol. The van der Waals surface area contributed by atoms with E-state index < -0.39 is 5.72 Å². The minimum atomic E-state index is -1.21. The van der Waals surface area contributed by atoms with E-state index in [1.807, 2.05) is 17.2 Å². The lowest BCUT2D eigenvalue weighted by Crippen LogP contribution is -2.54. The van der Waals surface area contributed by atoms with Crippen LogP contribution in [-0.4, -0.2) is 41.0 Å². The van der Waals surface area contributed by atoms with Gasteiger partial charge in [0.05, 0.1) is 11.6 Å². The molecule has 3 aliphatic rings. The third kappa shape index (κ3) is 4.73. The zero-order chi connectivity index (χ0) is 24.0. The normalized spacial score (nSPS) is 22.8. The largest absolute Gasteiger partial charge is 0.437 e. The van der Waals surface area contributed by atoms with Crippen LogP contribution in [0.2, 0.25) is 5.02 Å². The molecule has 0 radical (unpaired) electrons. The molecule has 8 heteroatoms. The molecule has 0 bridgehead atoms. The maximum Gasteiger partial charge on any atom is 0.311 e. The van der Waals surface area contributed by atoms with Gasteiger partial charge in [0, 0.05) is 39.2 Å². The SMILES string of the molecule is CC(C=O)(OC(=O)C1CC1)N1CCC([C@H]2c3ncc(Br)cc3CCc3cc(Cl)cc(Br)c32)CC1. The number of nitrogens with zero attached hydrogens (tertiary/aromatic N) is 2. The molecule has 1 aromatic carbocycles. The van der Waals surface area contributed by atoms with Crippen LogP contribution in [0.1, 0.15) is 60.9 Å². The number of pyridine rings is 1. The smallest absolute Gasteiger partial charge is 0.311 e. The van der Waals surface area contributed by atoms with E-state index in [0.29, 0.717) is 19.0 Å². The van der Waals surface area contributed by atoms with E-state index in [1.165, 1.54) is 16.7 Å². The monoisotopic (exact) mass is 608 g/mol. The fourth-order valence-corrected chi connectivity index (χ4v) is 6.98. The Bertz CT molecular complexity index is 1130. The fraction of sp³-hybridized carbons (Fsp3) is 0.500. The van der Waals surface area contributed by atoms with Crippen molar-refractivity contribution in [3.05, 3.63) is 60.7 Å². The average Bonchev–Trinajstić information content (AvgIpc) is 3.66. The number of esters is 1. The summed E-state index contributed by atoms with van der Waals surface area (Å²) in [6.45, 7) is 3.08. The number of halogens is 3. The summed E-state index contributed by atoms with van der Waals surface area (Å²) in [5.74, 6) is 0.184. The van der Waals surface area contributed by atoms with E-state index in [4.69, 9.17) is 21.3 Å². The third-order valence-electron chi connectivity index (χ3n) is 7.49. The molecule has 0 N–H and O–H groups in total. The van der Waals surface area contributed by atoms with Gasteiger partial charge in [-0.1, -0.05) is 27.5 Å². The van der Waals surface area contributed by atoms with Gasteiger partial charge < -0.3 is 4.74 Å². The molecule has 1 saturated heterocycles. The molecule has 2 fully saturated rings. The lowest BCUT2D eigenvalue weighted by Gasteiger charge is -2.42. The molecule has 2 aromatic rings. The molecule has 0 spiro atoms. The number of aromatic nitrogens is 1. The molecule has 2 atom stereocenters. The van der Waals surface area contributed by atoms with Crippen molar-refractivity contribution in [3.63, 3.8) is 0 Å². The zero-order valence-electron chi connectivity index (χ0n) is 19.0. The number of carbonyl (C=O) groups is 2. The summed E-state index contributed by atoms with van der Waals surface area (Å²) in [7, 11) is 0. The van der Waals surface area contributed by atoms with Gasteiger partial charge in [-0.25, -0.2) is 0 Å². The number of carbonyl (C=O) groups excluding carboxylic acids is 2.